The number of carboxylic acids is 1. The van der Waals surface area contributed by atoms with Crippen molar-refractivity contribution in [2.75, 3.05) is 32.1 Å². The number of likely N-dealkylation sites (N-methyl/N-ethyl adjacent to an activating group) is 1. The molecule has 8 heteroatoms. The predicted octanol–water partition coefficient (Wildman–Crippen LogP) is 2.25. The van der Waals surface area contributed by atoms with Gasteiger partial charge in [0.25, 0.3) is 0 Å². The second-order valence-corrected chi connectivity index (χ2v) is 5.01. The number of hydrogen-bond acceptors (Lipinski definition) is 5. The first-order valence-corrected chi connectivity index (χ1v) is 7.51. The highest BCUT2D eigenvalue weighted by atomic mass is 35.5. The summed E-state index contributed by atoms with van der Waals surface area (Å²) in [6, 6.07) is 4.40. The number of benzene rings is 1. The molecule has 0 aliphatic carbocycles. The molecule has 0 heterocycles. The molecule has 7 nitrogen and oxygen atoms in total. The van der Waals surface area contributed by atoms with Crippen LogP contribution in [0.2, 0.25) is 0 Å². The minimum atomic E-state index is -0.972. The standard InChI is InChI=1S/C16H24N2O5.ClH/c1-5-22-13-8-7-12(9-14(13)23-6-2)17-15(19)10-18(4)11(3)16(20)21;/h7-9,11H,5-6,10H2,1-4H3,(H,17,19)(H,20,21);1H. The minimum absolute atomic E-state index is 0. The van der Waals surface area contributed by atoms with Crippen molar-refractivity contribution in [3.63, 3.8) is 0 Å². The fourth-order valence-corrected chi connectivity index (χ4v) is 1.88. The monoisotopic (exact) mass is 360 g/mol. The summed E-state index contributed by atoms with van der Waals surface area (Å²) in [5.74, 6) is -0.101. The number of carbonyl (C=O) groups excluding carboxylic acids is 1. The molecule has 0 aliphatic heterocycles. The number of aliphatic carboxylic acids is 1. The average Bonchev–Trinajstić information content (AvgIpc) is 2.49. The van der Waals surface area contributed by atoms with E-state index in [2.05, 4.69) is 5.32 Å². The summed E-state index contributed by atoms with van der Waals surface area (Å²) in [6.45, 7) is 6.25. The molecule has 1 rings (SSSR count). The Hall–Kier alpha value is -1.99. The molecule has 1 aromatic carbocycles. The van der Waals surface area contributed by atoms with Crippen molar-refractivity contribution < 1.29 is 24.2 Å². The van der Waals surface area contributed by atoms with Crippen molar-refractivity contribution in [3.8, 4) is 11.5 Å². The summed E-state index contributed by atoms with van der Waals surface area (Å²) in [4.78, 5) is 24.4. The van der Waals surface area contributed by atoms with Crippen molar-refractivity contribution >= 4 is 30.0 Å². The number of anilines is 1. The van der Waals surface area contributed by atoms with Gasteiger partial charge in [-0.25, -0.2) is 0 Å². The Kier molecular flexibility index (Phi) is 9.83. The lowest BCUT2D eigenvalue weighted by Gasteiger charge is -2.20. The lowest BCUT2D eigenvalue weighted by molar-refractivity contribution is -0.142. The van der Waals surface area contributed by atoms with Crippen LogP contribution in [0.4, 0.5) is 5.69 Å². The van der Waals surface area contributed by atoms with Gasteiger partial charge in [0, 0.05) is 11.8 Å². The first-order chi connectivity index (χ1) is 10.9. The highest BCUT2D eigenvalue weighted by molar-refractivity contribution is 5.93. The van der Waals surface area contributed by atoms with Crippen LogP contribution in [0.3, 0.4) is 0 Å². The molecular weight excluding hydrogens is 336 g/mol. The molecule has 0 fully saturated rings. The lowest BCUT2D eigenvalue weighted by Crippen LogP contribution is -2.40. The van der Waals surface area contributed by atoms with Crippen LogP contribution in [-0.4, -0.2) is 54.7 Å². The fraction of sp³-hybridized carbons (Fsp3) is 0.500. The third-order valence-corrected chi connectivity index (χ3v) is 3.24. The van der Waals surface area contributed by atoms with E-state index in [1.807, 2.05) is 13.8 Å². The van der Waals surface area contributed by atoms with Crippen LogP contribution in [0.5, 0.6) is 11.5 Å². The molecule has 0 bridgehead atoms. The highest BCUT2D eigenvalue weighted by Gasteiger charge is 2.19. The predicted molar refractivity (Wildman–Crippen MR) is 94.4 cm³/mol. The van der Waals surface area contributed by atoms with Crippen LogP contribution < -0.4 is 14.8 Å². The van der Waals surface area contributed by atoms with E-state index in [0.717, 1.165) is 0 Å². The lowest BCUT2D eigenvalue weighted by atomic mass is 10.2. The van der Waals surface area contributed by atoms with E-state index in [0.29, 0.717) is 30.4 Å². The summed E-state index contributed by atoms with van der Waals surface area (Å²) in [7, 11) is 1.59. The van der Waals surface area contributed by atoms with Gasteiger partial charge in [-0.15, -0.1) is 12.4 Å². The molecule has 0 aromatic heterocycles. The highest BCUT2D eigenvalue weighted by Crippen LogP contribution is 2.30. The van der Waals surface area contributed by atoms with Crippen LogP contribution in [0.25, 0.3) is 0 Å². The number of halogens is 1. The van der Waals surface area contributed by atoms with Gasteiger partial charge in [-0.05, 0) is 40.0 Å². The molecule has 0 aliphatic rings. The number of nitrogens with zero attached hydrogens (tertiary/aromatic N) is 1. The van der Waals surface area contributed by atoms with Gasteiger partial charge in [-0.1, -0.05) is 0 Å². The average molecular weight is 361 g/mol. The van der Waals surface area contributed by atoms with E-state index in [9.17, 15) is 9.59 Å². The summed E-state index contributed by atoms with van der Waals surface area (Å²) in [6.07, 6.45) is 0. The van der Waals surface area contributed by atoms with Crippen molar-refractivity contribution in [2.24, 2.45) is 0 Å². The number of carboxylic acid groups (broad SMARTS) is 1. The summed E-state index contributed by atoms with van der Waals surface area (Å²) in [5.41, 5.74) is 0.568. The van der Waals surface area contributed by atoms with E-state index >= 15 is 0 Å². The molecule has 0 radical (unpaired) electrons. The first kappa shape index (κ1) is 22.0. The maximum atomic E-state index is 12.0. The van der Waals surface area contributed by atoms with E-state index in [4.69, 9.17) is 14.6 Å². The van der Waals surface area contributed by atoms with E-state index < -0.39 is 12.0 Å². The van der Waals surface area contributed by atoms with Gasteiger partial charge in [-0.2, -0.15) is 0 Å². The maximum Gasteiger partial charge on any atom is 0.320 e. The second-order valence-electron chi connectivity index (χ2n) is 5.01. The van der Waals surface area contributed by atoms with Crippen LogP contribution in [-0.2, 0) is 9.59 Å². The number of nitrogens with one attached hydrogen (secondary N) is 1. The molecule has 1 atom stereocenters. The van der Waals surface area contributed by atoms with Crippen LogP contribution in [0.15, 0.2) is 18.2 Å². The molecular formula is C16H25ClN2O5. The van der Waals surface area contributed by atoms with Gasteiger partial charge in [0.2, 0.25) is 5.91 Å². The quantitative estimate of drug-likeness (QED) is 0.702. The zero-order chi connectivity index (χ0) is 17.4. The van der Waals surface area contributed by atoms with Gasteiger partial charge < -0.3 is 19.9 Å². The number of ether oxygens (including phenoxy) is 2. The van der Waals surface area contributed by atoms with Crippen molar-refractivity contribution in [1.29, 1.82) is 0 Å². The van der Waals surface area contributed by atoms with Gasteiger partial charge in [0.05, 0.1) is 19.8 Å². The van der Waals surface area contributed by atoms with Crippen molar-refractivity contribution in [2.45, 2.75) is 26.8 Å². The number of hydrogen-bond donors (Lipinski definition) is 2. The molecule has 1 aromatic rings. The second kappa shape index (κ2) is 10.7. The van der Waals surface area contributed by atoms with Gasteiger partial charge >= 0.3 is 5.97 Å². The van der Waals surface area contributed by atoms with E-state index in [-0.39, 0.29) is 24.9 Å². The largest absolute Gasteiger partial charge is 0.490 e. The Morgan fingerprint density at radius 1 is 1.21 bits per heavy atom. The van der Waals surface area contributed by atoms with E-state index in [1.54, 1.807) is 25.2 Å². The molecule has 1 amide bonds. The molecule has 1 unspecified atom stereocenters. The van der Waals surface area contributed by atoms with Crippen molar-refractivity contribution in [1.82, 2.24) is 4.90 Å². The van der Waals surface area contributed by atoms with Crippen LogP contribution >= 0.6 is 12.4 Å². The molecule has 0 spiro atoms. The normalized spacial score (nSPS) is 11.4. The molecule has 0 saturated heterocycles. The summed E-state index contributed by atoms with van der Waals surface area (Å²) < 4.78 is 11.0. The zero-order valence-electron chi connectivity index (χ0n) is 14.4. The van der Waals surface area contributed by atoms with Gasteiger partial charge in [-0.3, -0.25) is 14.5 Å². The van der Waals surface area contributed by atoms with Crippen molar-refractivity contribution in [3.05, 3.63) is 18.2 Å². The topological polar surface area (TPSA) is 88.1 Å². The summed E-state index contributed by atoms with van der Waals surface area (Å²) >= 11 is 0. The molecule has 2 N–H and O–H groups in total. The Morgan fingerprint density at radius 2 is 1.79 bits per heavy atom. The Morgan fingerprint density at radius 3 is 2.33 bits per heavy atom. The third kappa shape index (κ3) is 6.64. The van der Waals surface area contributed by atoms with Crippen LogP contribution in [0, 0.1) is 0 Å². The van der Waals surface area contributed by atoms with Gasteiger partial charge in [0.15, 0.2) is 11.5 Å². The molecule has 136 valence electrons. The fourth-order valence-electron chi connectivity index (χ4n) is 1.88. The Labute approximate surface area is 148 Å². The van der Waals surface area contributed by atoms with Crippen LogP contribution in [0.1, 0.15) is 20.8 Å². The minimum Gasteiger partial charge on any atom is -0.490 e. The third-order valence-electron chi connectivity index (χ3n) is 3.24. The SMILES string of the molecule is CCOc1ccc(NC(=O)CN(C)C(C)C(=O)O)cc1OCC.Cl. The molecule has 0 saturated carbocycles. The Bertz CT molecular complexity index is 553. The molecule has 24 heavy (non-hydrogen) atoms. The first-order valence-electron chi connectivity index (χ1n) is 7.51. The maximum absolute atomic E-state index is 12.0. The zero-order valence-corrected chi connectivity index (χ0v) is 15.2. The van der Waals surface area contributed by atoms with Gasteiger partial charge in [0.1, 0.15) is 6.04 Å². The number of rotatable bonds is 9. The van der Waals surface area contributed by atoms with E-state index in [1.165, 1.54) is 11.8 Å². The number of carbonyl (C=O) groups is 2. The summed E-state index contributed by atoms with van der Waals surface area (Å²) in [5, 5.41) is 11.7. The number of amides is 1. The smallest absolute Gasteiger partial charge is 0.320 e. The Balaban J connectivity index is 0.00000529.